The molecule has 0 aliphatic carbocycles. The van der Waals surface area contributed by atoms with Crippen LogP contribution in [0.5, 0.6) is 0 Å². The highest BCUT2D eigenvalue weighted by Gasteiger charge is 2.23. The second-order valence-corrected chi connectivity index (χ2v) is 7.83. The molecule has 0 aliphatic rings. The van der Waals surface area contributed by atoms with Crippen LogP contribution < -0.4 is 5.32 Å². The molecule has 2 heterocycles. The van der Waals surface area contributed by atoms with Crippen molar-refractivity contribution in [2.45, 2.75) is 44.4 Å². The molecule has 0 spiro atoms. The van der Waals surface area contributed by atoms with E-state index in [0.717, 1.165) is 21.8 Å². The molecule has 1 amide bonds. The quantitative estimate of drug-likeness (QED) is 0.455. The van der Waals surface area contributed by atoms with Crippen LogP contribution in [-0.4, -0.2) is 21.1 Å². The zero-order valence-corrected chi connectivity index (χ0v) is 17.6. The SMILES string of the molecule is CCC(Sc1cc(-c2ccccc2)nc(C)n1)C(=O)Nc1oc(C)c(C)c1C#N. The van der Waals surface area contributed by atoms with Crippen molar-refractivity contribution in [2.24, 2.45) is 0 Å². The number of rotatable bonds is 6. The Hall–Kier alpha value is -3.11. The fourth-order valence-corrected chi connectivity index (χ4v) is 3.86. The minimum Gasteiger partial charge on any atom is -0.444 e. The van der Waals surface area contributed by atoms with Crippen molar-refractivity contribution in [3.8, 4) is 17.3 Å². The molecule has 2 aromatic heterocycles. The molecule has 3 rings (SSSR count). The van der Waals surface area contributed by atoms with Gasteiger partial charge in [0.25, 0.3) is 0 Å². The second kappa shape index (κ2) is 8.93. The number of thioether (sulfide) groups is 1. The van der Waals surface area contributed by atoms with E-state index in [9.17, 15) is 10.1 Å². The third kappa shape index (κ3) is 4.66. The van der Waals surface area contributed by atoms with Gasteiger partial charge in [-0.25, -0.2) is 9.97 Å². The highest BCUT2D eigenvalue weighted by atomic mass is 32.2. The average molecular weight is 407 g/mol. The van der Waals surface area contributed by atoms with E-state index in [0.29, 0.717) is 23.6 Å². The van der Waals surface area contributed by atoms with Gasteiger partial charge < -0.3 is 4.42 Å². The van der Waals surface area contributed by atoms with Gasteiger partial charge >= 0.3 is 0 Å². The zero-order valence-electron chi connectivity index (χ0n) is 16.8. The Bertz CT molecular complexity index is 1070. The summed E-state index contributed by atoms with van der Waals surface area (Å²) in [6.07, 6.45) is 0.598. The number of carbonyl (C=O) groups excluding carboxylic acids is 1. The molecule has 6 nitrogen and oxygen atoms in total. The summed E-state index contributed by atoms with van der Waals surface area (Å²) in [4.78, 5) is 21.8. The van der Waals surface area contributed by atoms with Crippen molar-refractivity contribution in [3.05, 3.63) is 59.1 Å². The van der Waals surface area contributed by atoms with Crippen LogP contribution in [-0.2, 0) is 4.79 Å². The third-order valence-corrected chi connectivity index (χ3v) is 5.83. The van der Waals surface area contributed by atoms with Gasteiger partial charge in [0.2, 0.25) is 11.8 Å². The molecule has 1 aromatic carbocycles. The summed E-state index contributed by atoms with van der Waals surface area (Å²) in [5.41, 5.74) is 2.92. The van der Waals surface area contributed by atoms with Crippen LogP contribution >= 0.6 is 11.8 Å². The van der Waals surface area contributed by atoms with E-state index in [1.807, 2.05) is 50.2 Å². The van der Waals surface area contributed by atoms with Crippen LogP contribution in [0.4, 0.5) is 5.88 Å². The third-order valence-electron chi connectivity index (χ3n) is 4.54. The lowest BCUT2D eigenvalue weighted by molar-refractivity contribution is -0.115. The number of amides is 1. The second-order valence-electron chi connectivity index (χ2n) is 6.61. The van der Waals surface area contributed by atoms with Gasteiger partial charge in [-0.3, -0.25) is 10.1 Å². The first-order valence-electron chi connectivity index (χ1n) is 9.31. The Labute approximate surface area is 174 Å². The van der Waals surface area contributed by atoms with Crippen LogP contribution in [0.1, 0.15) is 36.1 Å². The molecular formula is C22H22N4O2S. The Morgan fingerprint density at radius 2 is 1.97 bits per heavy atom. The number of nitrogens with zero attached hydrogens (tertiary/aromatic N) is 3. The highest BCUT2D eigenvalue weighted by molar-refractivity contribution is 8.00. The number of carbonyl (C=O) groups is 1. The molecule has 1 unspecified atom stereocenters. The number of nitriles is 1. The van der Waals surface area contributed by atoms with E-state index in [1.54, 1.807) is 13.8 Å². The van der Waals surface area contributed by atoms with E-state index in [-0.39, 0.29) is 17.0 Å². The monoisotopic (exact) mass is 406 g/mol. The maximum atomic E-state index is 12.8. The van der Waals surface area contributed by atoms with Gasteiger partial charge in [-0.2, -0.15) is 5.26 Å². The maximum absolute atomic E-state index is 12.8. The lowest BCUT2D eigenvalue weighted by atomic mass is 10.1. The Kier molecular flexibility index (Phi) is 6.35. The number of hydrogen-bond donors (Lipinski definition) is 1. The number of aromatic nitrogens is 2. The van der Waals surface area contributed by atoms with Crippen molar-refractivity contribution in [3.63, 3.8) is 0 Å². The first-order chi connectivity index (χ1) is 13.9. The van der Waals surface area contributed by atoms with Crippen molar-refractivity contribution >= 4 is 23.6 Å². The number of aryl methyl sites for hydroxylation is 2. The van der Waals surface area contributed by atoms with E-state index >= 15 is 0 Å². The molecule has 0 aliphatic heterocycles. The molecule has 148 valence electrons. The van der Waals surface area contributed by atoms with E-state index in [4.69, 9.17) is 4.42 Å². The summed E-state index contributed by atoms with van der Waals surface area (Å²) < 4.78 is 5.56. The van der Waals surface area contributed by atoms with E-state index in [1.165, 1.54) is 11.8 Å². The predicted molar refractivity (Wildman–Crippen MR) is 114 cm³/mol. The summed E-state index contributed by atoms with van der Waals surface area (Å²) in [6, 6.07) is 13.8. The number of furan rings is 1. The van der Waals surface area contributed by atoms with Crippen molar-refractivity contribution in [2.75, 3.05) is 5.32 Å². The molecule has 3 aromatic rings. The molecule has 0 radical (unpaired) electrons. The van der Waals surface area contributed by atoms with Crippen molar-refractivity contribution in [1.82, 2.24) is 9.97 Å². The largest absolute Gasteiger partial charge is 0.444 e. The van der Waals surface area contributed by atoms with Crippen LogP contribution in [0.3, 0.4) is 0 Å². The predicted octanol–water partition coefficient (Wildman–Crippen LogP) is 5.04. The molecule has 1 N–H and O–H groups in total. The Morgan fingerprint density at radius 3 is 2.62 bits per heavy atom. The van der Waals surface area contributed by atoms with Crippen molar-refractivity contribution in [1.29, 1.82) is 5.26 Å². The smallest absolute Gasteiger partial charge is 0.240 e. The standard InChI is InChI=1S/C22H22N4O2S/c1-5-19(21(27)26-22-17(12-23)13(2)14(3)28-22)29-20-11-18(24-15(4)25-20)16-9-7-6-8-10-16/h6-11,19H,5H2,1-4H3,(H,26,27). The molecule has 0 saturated carbocycles. The lowest BCUT2D eigenvalue weighted by Crippen LogP contribution is -2.25. The van der Waals surface area contributed by atoms with Crippen molar-refractivity contribution < 1.29 is 9.21 Å². The van der Waals surface area contributed by atoms with Crippen LogP contribution in [0.2, 0.25) is 0 Å². The average Bonchev–Trinajstić information content (AvgIpc) is 2.98. The maximum Gasteiger partial charge on any atom is 0.240 e. The summed E-state index contributed by atoms with van der Waals surface area (Å²) in [6.45, 7) is 7.35. The Balaban J connectivity index is 1.81. The molecule has 0 bridgehead atoms. The zero-order chi connectivity index (χ0) is 21.0. The number of benzene rings is 1. The number of nitrogens with one attached hydrogen (secondary N) is 1. The Morgan fingerprint density at radius 1 is 1.24 bits per heavy atom. The first-order valence-corrected chi connectivity index (χ1v) is 10.2. The van der Waals surface area contributed by atoms with Gasteiger partial charge in [0.05, 0.1) is 10.9 Å². The summed E-state index contributed by atoms with van der Waals surface area (Å²) >= 11 is 1.38. The number of anilines is 1. The first kappa shape index (κ1) is 20.6. The summed E-state index contributed by atoms with van der Waals surface area (Å²) in [5, 5.41) is 12.4. The van der Waals surface area contributed by atoms with Gasteiger partial charge in [-0.15, -0.1) is 0 Å². The molecule has 1 atom stereocenters. The van der Waals surface area contributed by atoms with E-state index < -0.39 is 0 Å². The van der Waals surface area contributed by atoms with E-state index in [2.05, 4.69) is 21.4 Å². The minimum absolute atomic E-state index is 0.204. The normalized spacial score (nSPS) is 11.7. The molecule has 0 saturated heterocycles. The van der Waals surface area contributed by atoms with Gasteiger partial charge in [0.15, 0.2) is 0 Å². The fourth-order valence-electron chi connectivity index (χ4n) is 2.87. The van der Waals surface area contributed by atoms with Crippen LogP contribution in [0.15, 0.2) is 45.8 Å². The van der Waals surface area contributed by atoms with Gasteiger partial charge in [-0.05, 0) is 33.3 Å². The van der Waals surface area contributed by atoms with Crippen LogP contribution in [0, 0.1) is 32.1 Å². The highest BCUT2D eigenvalue weighted by Crippen LogP contribution is 2.30. The van der Waals surface area contributed by atoms with Gasteiger partial charge in [0, 0.05) is 11.1 Å². The molecule has 0 fully saturated rings. The van der Waals surface area contributed by atoms with Gasteiger partial charge in [0.1, 0.15) is 28.2 Å². The number of hydrogen-bond acceptors (Lipinski definition) is 6. The van der Waals surface area contributed by atoms with Gasteiger partial charge in [-0.1, -0.05) is 49.0 Å². The minimum atomic E-state index is -0.384. The fraction of sp³-hybridized carbons (Fsp3) is 0.273. The summed E-state index contributed by atoms with van der Waals surface area (Å²) in [5.74, 6) is 1.25. The topological polar surface area (TPSA) is 91.8 Å². The summed E-state index contributed by atoms with van der Waals surface area (Å²) in [7, 11) is 0. The van der Waals surface area contributed by atoms with Crippen LogP contribution in [0.25, 0.3) is 11.3 Å². The molecule has 29 heavy (non-hydrogen) atoms. The molecular weight excluding hydrogens is 384 g/mol. The molecule has 7 heteroatoms. The lowest BCUT2D eigenvalue weighted by Gasteiger charge is -2.14.